The Morgan fingerprint density at radius 3 is 0.889 bits per heavy atom. The van der Waals surface area contributed by atoms with Crippen LogP contribution < -0.4 is 9.80 Å². The van der Waals surface area contributed by atoms with E-state index in [1.165, 1.54) is 105 Å². The third-order valence-electron chi connectivity index (χ3n) is 14.5. The lowest BCUT2D eigenvalue weighted by Crippen LogP contribution is -2.13. The summed E-state index contributed by atoms with van der Waals surface area (Å²) < 4.78 is 0. The molecule has 0 aromatic heterocycles. The summed E-state index contributed by atoms with van der Waals surface area (Å²) in [5.74, 6) is 0. The van der Waals surface area contributed by atoms with Crippen molar-refractivity contribution in [1.29, 1.82) is 0 Å². The van der Waals surface area contributed by atoms with Crippen molar-refractivity contribution in [2.75, 3.05) is 9.80 Å². The van der Waals surface area contributed by atoms with E-state index in [0.29, 0.717) is 0 Å². The standard InChI is InChI=1S/C70H50N2/c1-47-38-39-48(2)62(44-47)72(55-36-22-9-23-37-55)57-41-43-59-61(46-57)66(52-30-16-6-17-31-52)70-68(64(59)50-26-12-4-13-27-50)67-63(49-24-10-3-11-25-49)58-42-40-56(45-60(58)65(69(67)70)51-28-14-5-15-29-51)71(53-32-18-7-19-33-53)54-34-20-8-21-35-54/h3-46H,1-2H3. The Kier molecular flexibility index (Phi) is 10.7. The van der Waals surface area contributed by atoms with Crippen LogP contribution in [-0.4, -0.2) is 0 Å². The molecule has 0 bridgehead atoms. The first-order chi connectivity index (χ1) is 35.6. The van der Waals surface area contributed by atoms with Crippen LogP contribution >= 0.6 is 0 Å². The van der Waals surface area contributed by atoms with Gasteiger partial charge in [-0.15, -0.1) is 0 Å². The van der Waals surface area contributed by atoms with Gasteiger partial charge in [0, 0.05) is 34.1 Å². The number of anilines is 6. The van der Waals surface area contributed by atoms with Crippen LogP contribution in [0.3, 0.4) is 0 Å². The molecule has 0 aliphatic heterocycles. The molecule has 13 rings (SSSR count). The Morgan fingerprint density at radius 2 is 0.528 bits per heavy atom. The highest BCUT2D eigenvalue weighted by molar-refractivity contribution is 6.33. The zero-order valence-corrected chi connectivity index (χ0v) is 40.3. The second-order valence-corrected chi connectivity index (χ2v) is 18.9. The number of hydrogen-bond donors (Lipinski definition) is 0. The van der Waals surface area contributed by atoms with Gasteiger partial charge in [0.25, 0.3) is 0 Å². The average molecular weight is 919 g/mol. The quantitative estimate of drug-likeness (QED) is 0.135. The summed E-state index contributed by atoms with van der Waals surface area (Å²) in [5.41, 5.74) is 24.0. The number of aryl methyl sites for hydroxylation is 2. The molecule has 2 heteroatoms. The van der Waals surface area contributed by atoms with Gasteiger partial charge in [-0.3, -0.25) is 0 Å². The van der Waals surface area contributed by atoms with Gasteiger partial charge in [0.05, 0.1) is 0 Å². The molecular formula is C70H50N2. The smallest absolute Gasteiger partial charge is 0.0493 e. The first-order valence-corrected chi connectivity index (χ1v) is 24.9. The fourth-order valence-corrected chi connectivity index (χ4v) is 11.4. The maximum atomic E-state index is 2.47. The molecule has 0 heterocycles. The molecule has 12 aromatic carbocycles. The monoisotopic (exact) mass is 918 g/mol. The van der Waals surface area contributed by atoms with E-state index >= 15 is 0 Å². The minimum absolute atomic E-state index is 1.10. The van der Waals surface area contributed by atoms with Crippen molar-refractivity contribution in [3.63, 3.8) is 0 Å². The van der Waals surface area contributed by atoms with E-state index in [4.69, 9.17) is 0 Å². The summed E-state index contributed by atoms with van der Waals surface area (Å²) in [6.07, 6.45) is 0. The van der Waals surface area contributed by atoms with E-state index in [1.807, 2.05) is 0 Å². The Hall–Kier alpha value is -9.24. The van der Waals surface area contributed by atoms with Gasteiger partial charge in [0.2, 0.25) is 0 Å². The molecule has 0 amide bonds. The van der Waals surface area contributed by atoms with Crippen molar-refractivity contribution in [1.82, 2.24) is 0 Å². The van der Waals surface area contributed by atoms with Crippen molar-refractivity contribution < 1.29 is 0 Å². The lowest BCUT2D eigenvalue weighted by molar-refractivity contribution is 1.24. The SMILES string of the molecule is Cc1ccc(C)c(N(c2ccccc2)c2ccc3c(-c4ccccc4)c4c(c(-c5ccccc5)c3c2)-c2c-4c(-c3ccccc3)c3ccc(N(c4ccccc4)c4ccccc4)cc3c2-c2ccccc2)c1. The summed E-state index contributed by atoms with van der Waals surface area (Å²) in [6.45, 7) is 4.41. The van der Waals surface area contributed by atoms with E-state index in [-0.39, 0.29) is 0 Å². The molecule has 1 aliphatic rings. The predicted octanol–water partition coefficient (Wildman–Crippen LogP) is 19.9. The van der Waals surface area contributed by atoms with Gasteiger partial charge in [-0.05, 0) is 180 Å². The van der Waals surface area contributed by atoms with E-state index in [1.54, 1.807) is 0 Å². The molecule has 0 spiro atoms. The fourth-order valence-electron chi connectivity index (χ4n) is 11.4. The number of fused-ring (bicyclic) bond motifs is 6. The largest absolute Gasteiger partial charge is 0.310 e. The highest BCUT2D eigenvalue weighted by atomic mass is 15.1. The van der Waals surface area contributed by atoms with Crippen molar-refractivity contribution in [2.24, 2.45) is 0 Å². The van der Waals surface area contributed by atoms with E-state index in [9.17, 15) is 0 Å². The van der Waals surface area contributed by atoms with Crippen molar-refractivity contribution in [2.45, 2.75) is 13.8 Å². The minimum atomic E-state index is 1.10. The first kappa shape index (κ1) is 42.8. The number of rotatable bonds is 10. The summed E-state index contributed by atoms with van der Waals surface area (Å²) in [4.78, 5) is 4.82. The summed E-state index contributed by atoms with van der Waals surface area (Å²) in [6, 6.07) is 97.9. The summed E-state index contributed by atoms with van der Waals surface area (Å²) in [7, 11) is 0. The Morgan fingerprint density at radius 1 is 0.222 bits per heavy atom. The van der Waals surface area contributed by atoms with Crippen LogP contribution in [0.5, 0.6) is 0 Å². The van der Waals surface area contributed by atoms with E-state index in [0.717, 1.165) is 28.4 Å². The number of benzene rings is 12. The van der Waals surface area contributed by atoms with Crippen LogP contribution in [0.2, 0.25) is 0 Å². The molecule has 1 aliphatic carbocycles. The van der Waals surface area contributed by atoms with Crippen molar-refractivity contribution in [3.8, 4) is 66.8 Å². The van der Waals surface area contributed by atoms with Crippen molar-refractivity contribution in [3.05, 3.63) is 278 Å². The Bertz CT molecular complexity index is 3910. The number of para-hydroxylation sites is 3. The molecule has 0 unspecified atom stereocenters. The molecule has 0 saturated heterocycles. The normalized spacial score (nSPS) is 11.5. The highest BCUT2D eigenvalue weighted by Gasteiger charge is 2.39. The molecule has 12 aromatic rings. The minimum Gasteiger partial charge on any atom is -0.310 e. The average Bonchev–Trinajstić information content (AvgIpc) is 3.44. The van der Waals surface area contributed by atoms with Crippen LogP contribution in [0.4, 0.5) is 34.1 Å². The van der Waals surface area contributed by atoms with Crippen LogP contribution in [0.25, 0.3) is 88.3 Å². The highest BCUT2D eigenvalue weighted by Crippen LogP contribution is 2.66. The maximum absolute atomic E-state index is 2.47. The number of hydrogen-bond acceptors (Lipinski definition) is 2. The first-order valence-electron chi connectivity index (χ1n) is 24.9. The van der Waals surface area contributed by atoms with E-state index < -0.39 is 0 Å². The summed E-state index contributed by atoms with van der Waals surface area (Å²) in [5, 5.41) is 4.86. The lowest BCUT2D eigenvalue weighted by atomic mass is 9.65. The molecule has 0 fully saturated rings. The van der Waals surface area contributed by atoms with Gasteiger partial charge >= 0.3 is 0 Å². The van der Waals surface area contributed by atoms with Crippen LogP contribution in [0.15, 0.2) is 267 Å². The third kappa shape index (κ3) is 7.19. The second-order valence-electron chi connectivity index (χ2n) is 18.9. The fraction of sp³-hybridized carbons (Fsp3) is 0.0286. The third-order valence-corrected chi connectivity index (χ3v) is 14.5. The topological polar surface area (TPSA) is 6.48 Å². The maximum Gasteiger partial charge on any atom is 0.0493 e. The van der Waals surface area contributed by atoms with Crippen LogP contribution in [0.1, 0.15) is 11.1 Å². The van der Waals surface area contributed by atoms with E-state index in [2.05, 4.69) is 291 Å². The zero-order valence-electron chi connectivity index (χ0n) is 40.3. The molecule has 340 valence electrons. The second kappa shape index (κ2) is 17.9. The van der Waals surface area contributed by atoms with Gasteiger partial charge in [-0.1, -0.05) is 200 Å². The van der Waals surface area contributed by atoms with Crippen molar-refractivity contribution >= 4 is 55.7 Å². The summed E-state index contributed by atoms with van der Waals surface area (Å²) >= 11 is 0. The molecule has 0 atom stereocenters. The van der Waals surface area contributed by atoms with Gasteiger partial charge < -0.3 is 9.80 Å². The molecule has 2 nitrogen and oxygen atoms in total. The van der Waals surface area contributed by atoms with Gasteiger partial charge in [0.15, 0.2) is 0 Å². The molecule has 0 radical (unpaired) electrons. The van der Waals surface area contributed by atoms with Gasteiger partial charge in [-0.2, -0.15) is 0 Å². The van der Waals surface area contributed by atoms with Crippen LogP contribution in [0, 0.1) is 13.8 Å². The molecule has 0 saturated carbocycles. The molecule has 72 heavy (non-hydrogen) atoms. The van der Waals surface area contributed by atoms with Crippen LogP contribution in [-0.2, 0) is 0 Å². The van der Waals surface area contributed by atoms with Gasteiger partial charge in [-0.25, -0.2) is 0 Å². The molecule has 0 N–H and O–H groups in total. The Labute approximate surface area is 422 Å². The predicted molar refractivity (Wildman–Crippen MR) is 306 cm³/mol. The number of nitrogens with zero attached hydrogens (tertiary/aromatic N) is 2. The Balaban J connectivity index is 1.20. The lowest BCUT2D eigenvalue weighted by Gasteiger charge is -2.38. The zero-order chi connectivity index (χ0) is 48.1. The molecular weight excluding hydrogens is 869 g/mol. The van der Waals surface area contributed by atoms with Gasteiger partial charge in [0.1, 0.15) is 0 Å².